The Morgan fingerprint density at radius 1 is 0.778 bits per heavy atom. The van der Waals surface area contributed by atoms with E-state index >= 15 is 0 Å². The van der Waals surface area contributed by atoms with Crippen molar-refractivity contribution >= 4 is 16.8 Å². The fourth-order valence-corrected chi connectivity index (χ4v) is 4.86. The van der Waals surface area contributed by atoms with E-state index < -0.39 is 0 Å². The van der Waals surface area contributed by atoms with Crippen LogP contribution in [0, 0.1) is 0 Å². The second-order valence-electron chi connectivity index (χ2n) is 9.27. The minimum absolute atomic E-state index is 0.0739. The Bertz CT molecular complexity index is 1400. The van der Waals surface area contributed by atoms with Crippen LogP contribution in [0.1, 0.15) is 41.0 Å². The zero-order valence-electron chi connectivity index (χ0n) is 20.4. The van der Waals surface area contributed by atoms with Crippen LogP contribution in [0.5, 0.6) is 0 Å². The van der Waals surface area contributed by atoms with Gasteiger partial charge in [0.2, 0.25) is 5.91 Å². The van der Waals surface area contributed by atoms with E-state index in [9.17, 15) is 4.79 Å². The van der Waals surface area contributed by atoms with E-state index in [4.69, 9.17) is 0 Å². The number of carbonyl (C=O) groups excluding carboxylic acids is 1. The van der Waals surface area contributed by atoms with Crippen LogP contribution in [0.15, 0.2) is 116 Å². The molecule has 2 heterocycles. The summed E-state index contributed by atoms with van der Waals surface area (Å²) in [7, 11) is 0. The van der Waals surface area contributed by atoms with Gasteiger partial charge in [0.15, 0.2) is 0 Å². The third-order valence-electron chi connectivity index (χ3n) is 6.75. The van der Waals surface area contributed by atoms with Crippen molar-refractivity contribution in [2.24, 2.45) is 0 Å². The maximum Gasteiger partial charge on any atom is 0.220 e. The van der Waals surface area contributed by atoms with Gasteiger partial charge in [-0.15, -0.1) is 0 Å². The van der Waals surface area contributed by atoms with Crippen LogP contribution in [0.2, 0.25) is 0 Å². The summed E-state index contributed by atoms with van der Waals surface area (Å²) >= 11 is 0. The SMILES string of the molecule is O=C(C[C@@H](CCc1ccccc1)c1cn(Cc2ccccc2)c2ccccc12)NCc1ccncc1. The van der Waals surface area contributed by atoms with E-state index in [1.807, 2.05) is 24.3 Å². The summed E-state index contributed by atoms with van der Waals surface area (Å²) in [5, 5.41) is 4.35. The first-order valence-corrected chi connectivity index (χ1v) is 12.6. The predicted octanol–water partition coefficient (Wildman–Crippen LogP) is 6.51. The highest BCUT2D eigenvalue weighted by Gasteiger charge is 2.21. The van der Waals surface area contributed by atoms with Gasteiger partial charge in [0, 0.05) is 49.0 Å². The zero-order valence-corrected chi connectivity index (χ0v) is 20.4. The number of fused-ring (bicyclic) bond motifs is 1. The van der Waals surface area contributed by atoms with Gasteiger partial charge in [0.1, 0.15) is 0 Å². The van der Waals surface area contributed by atoms with Gasteiger partial charge in [-0.05, 0) is 59.2 Å². The highest BCUT2D eigenvalue weighted by Crippen LogP contribution is 2.33. The number of carbonyl (C=O) groups is 1. The largest absolute Gasteiger partial charge is 0.352 e. The molecule has 0 unspecified atom stereocenters. The normalized spacial score (nSPS) is 11.9. The molecule has 0 fully saturated rings. The fourth-order valence-electron chi connectivity index (χ4n) is 4.86. The Morgan fingerprint density at radius 3 is 2.19 bits per heavy atom. The van der Waals surface area contributed by atoms with Crippen LogP contribution >= 0.6 is 0 Å². The van der Waals surface area contributed by atoms with Gasteiger partial charge in [0.05, 0.1) is 0 Å². The van der Waals surface area contributed by atoms with Crippen molar-refractivity contribution < 1.29 is 4.79 Å². The Morgan fingerprint density at radius 2 is 1.44 bits per heavy atom. The zero-order chi connectivity index (χ0) is 24.6. The van der Waals surface area contributed by atoms with Crippen molar-refractivity contribution in [2.45, 2.75) is 38.3 Å². The van der Waals surface area contributed by atoms with Crippen LogP contribution in [-0.2, 0) is 24.3 Å². The van der Waals surface area contributed by atoms with E-state index in [1.54, 1.807) is 12.4 Å². The molecule has 3 aromatic carbocycles. The summed E-state index contributed by atoms with van der Waals surface area (Å²) < 4.78 is 2.32. The summed E-state index contributed by atoms with van der Waals surface area (Å²) in [6.45, 7) is 1.32. The Labute approximate surface area is 212 Å². The summed E-state index contributed by atoms with van der Waals surface area (Å²) in [5.74, 6) is 0.189. The number of benzene rings is 3. The number of pyridine rings is 1. The monoisotopic (exact) mass is 473 g/mol. The lowest BCUT2D eigenvalue weighted by atomic mass is 9.89. The van der Waals surface area contributed by atoms with Gasteiger partial charge >= 0.3 is 0 Å². The first-order valence-electron chi connectivity index (χ1n) is 12.6. The van der Waals surface area contributed by atoms with Crippen molar-refractivity contribution in [3.8, 4) is 0 Å². The number of hydrogen-bond acceptors (Lipinski definition) is 2. The van der Waals surface area contributed by atoms with Crippen LogP contribution in [0.3, 0.4) is 0 Å². The number of para-hydroxylation sites is 1. The molecule has 5 aromatic rings. The highest BCUT2D eigenvalue weighted by atomic mass is 16.1. The average Bonchev–Trinajstić information content (AvgIpc) is 3.30. The van der Waals surface area contributed by atoms with Crippen LogP contribution in [0.4, 0.5) is 0 Å². The van der Waals surface area contributed by atoms with Crippen molar-refractivity contribution in [2.75, 3.05) is 0 Å². The average molecular weight is 474 g/mol. The van der Waals surface area contributed by atoms with E-state index in [-0.39, 0.29) is 11.8 Å². The smallest absolute Gasteiger partial charge is 0.220 e. The van der Waals surface area contributed by atoms with Crippen molar-refractivity contribution in [3.63, 3.8) is 0 Å². The summed E-state index contributed by atoms with van der Waals surface area (Å²) in [5.41, 5.74) is 6.07. The quantitative estimate of drug-likeness (QED) is 0.251. The van der Waals surface area contributed by atoms with Crippen LogP contribution < -0.4 is 5.32 Å². The van der Waals surface area contributed by atoms with E-state index in [0.717, 1.165) is 24.9 Å². The predicted molar refractivity (Wildman–Crippen MR) is 146 cm³/mol. The maximum atomic E-state index is 13.1. The van der Waals surface area contributed by atoms with Gasteiger partial charge in [-0.2, -0.15) is 0 Å². The number of amides is 1. The molecule has 1 atom stereocenters. The Hall–Kier alpha value is -4.18. The second kappa shape index (κ2) is 11.5. The third kappa shape index (κ3) is 5.89. The molecule has 4 nitrogen and oxygen atoms in total. The molecule has 0 aliphatic carbocycles. The fraction of sp³-hybridized carbons (Fsp3) is 0.188. The minimum atomic E-state index is 0.0739. The van der Waals surface area contributed by atoms with Gasteiger partial charge < -0.3 is 9.88 Å². The summed E-state index contributed by atoms with van der Waals surface area (Å²) in [4.78, 5) is 17.2. The molecule has 1 N–H and O–H groups in total. The molecule has 0 aliphatic rings. The number of hydrogen-bond donors (Lipinski definition) is 1. The van der Waals surface area contributed by atoms with Gasteiger partial charge in [0.25, 0.3) is 0 Å². The standard InChI is InChI=1S/C32H31N3O/c36-32(34-22-26-17-19-33-20-18-26)21-28(16-15-25-9-3-1-4-10-25)30-24-35(23-27-11-5-2-6-12-27)31-14-8-7-13-29(30)31/h1-14,17-20,24,28H,15-16,21-23H2,(H,34,36)/t28-/m1/s1. The molecular formula is C32H31N3O. The lowest BCUT2D eigenvalue weighted by Crippen LogP contribution is -2.24. The first kappa shape index (κ1) is 23.6. The van der Waals surface area contributed by atoms with Crippen molar-refractivity contribution in [1.82, 2.24) is 14.9 Å². The Kier molecular flexibility index (Phi) is 7.52. The van der Waals surface area contributed by atoms with E-state index in [2.05, 4.69) is 93.9 Å². The summed E-state index contributed by atoms with van der Waals surface area (Å²) in [6, 6.07) is 33.5. The first-order chi connectivity index (χ1) is 17.8. The van der Waals surface area contributed by atoms with Crippen molar-refractivity contribution in [3.05, 3.63) is 138 Å². The molecule has 4 heteroatoms. The van der Waals surface area contributed by atoms with Gasteiger partial charge in [-0.1, -0.05) is 78.9 Å². The molecule has 0 bridgehead atoms. The number of nitrogens with zero attached hydrogens (tertiary/aromatic N) is 2. The van der Waals surface area contributed by atoms with Crippen molar-refractivity contribution in [1.29, 1.82) is 0 Å². The third-order valence-corrected chi connectivity index (χ3v) is 6.75. The lowest BCUT2D eigenvalue weighted by molar-refractivity contribution is -0.121. The van der Waals surface area contributed by atoms with Gasteiger partial charge in [-0.25, -0.2) is 0 Å². The minimum Gasteiger partial charge on any atom is -0.352 e. The Balaban J connectivity index is 1.41. The maximum absolute atomic E-state index is 13.1. The summed E-state index contributed by atoms with van der Waals surface area (Å²) in [6.07, 6.45) is 8.07. The van der Waals surface area contributed by atoms with E-state index in [1.165, 1.54) is 27.6 Å². The van der Waals surface area contributed by atoms with E-state index in [0.29, 0.717) is 13.0 Å². The van der Waals surface area contributed by atoms with Gasteiger partial charge in [-0.3, -0.25) is 9.78 Å². The van der Waals surface area contributed by atoms with Crippen LogP contribution in [0.25, 0.3) is 10.9 Å². The number of nitrogens with one attached hydrogen (secondary N) is 1. The molecule has 180 valence electrons. The lowest BCUT2D eigenvalue weighted by Gasteiger charge is -2.17. The molecule has 0 aliphatic heterocycles. The van der Waals surface area contributed by atoms with Crippen LogP contribution in [-0.4, -0.2) is 15.5 Å². The highest BCUT2D eigenvalue weighted by molar-refractivity contribution is 5.86. The molecule has 36 heavy (non-hydrogen) atoms. The molecule has 1 amide bonds. The number of aryl methyl sites for hydroxylation is 1. The molecule has 0 saturated carbocycles. The molecule has 0 saturated heterocycles. The molecule has 2 aromatic heterocycles. The molecular weight excluding hydrogens is 442 g/mol. The topological polar surface area (TPSA) is 46.9 Å². The number of rotatable bonds is 10. The molecule has 0 spiro atoms. The molecule has 0 radical (unpaired) electrons. The molecule has 5 rings (SSSR count). The number of aromatic nitrogens is 2. The second-order valence-corrected chi connectivity index (χ2v) is 9.27.